The number of likely N-dealkylation sites (N-methyl/N-ethyl adjacent to an activating group) is 1. The minimum atomic E-state index is -0.235. The number of hydrogen-bond acceptors (Lipinski definition) is 4. The fourth-order valence-electron chi connectivity index (χ4n) is 4.48. The Balaban J connectivity index is 1.37. The Kier molecular flexibility index (Phi) is 7.69. The van der Waals surface area contributed by atoms with Crippen molar-refractivity contribution in [2.24, 2.45) is 5.92 Å². The summed E-state index contributed by atoms with van der Waals surface area (Å²) in [6, 6.07) is 12.4. The first-order valence-electron chi connectivity index (χ1n) is 11.8. The molecule has 2 aliphatic rings. The molecule has 4 rings (SSSR count). The third kappa shape index (κ3) is 6.33. The number of ether oxygens (including phenoxy) is 1. The molecular formula is C26H34ClFN3O2+. The molecular weight excluding hydrogens is 441 g/mol. The van der Waals surface area contributed by atoms with E-state index in [1.807, 2.05) is 31.3 Å². The van der Waals surface area contributed by atoms with E-state index in [9.17, 15) is 9.18 Å². The SMILES string of the molecule is CC1CNC(Cc2ccc(F)cc2)C[N+]1(C)C(=O)COc1ccc(Cl)cc1CNCC1CC1. The molecule has 3 atom stereocenters. The van der Waals surface area contributed by atoms with Gasteiger partial charge in [0.05, 0.1) is 13.1 Å². The number of carbonyl (C=O) groups is 1. The largest absolute Gasteiger partial charge is 0.479 e. The van der Waals surface area contributed by atoms with Gasteiger partial charge in [0.15, 0.2) is 0 Å². The highest BCUT2D eigenvalue weighted by atomic mass is 35.5. The van der Waals surface area contributed by atoms with Gasteiger partial charge in [-0.05, 0) is 74.5 Å². The highest BCUT2D eigenvalue weighted by Crippen LogP contribution is 2.28. The van der Waals surface area contributed by atoms with Gasteiger partial charge in [-0.3, -0.25) is 4.48 Å². The van der Waals surface area contributed by atoms with Gasteiger partial charge >= 0.3 is 5.91 Å². The van der Waals surface area contributed by atoms with E-state index < -0.39 is 0 Å². The summed E-state index contributed by atoms with van der Waals surface area (Å²) in [6.07, 6.45) is 3.35. The summed E-state index contributed by atoms with van der Waals surface area (Å²) in [4.78, 5) is 13.4. The predicted molar refractivity (Wildman–Crippen MR) is 129 cm³/mol. The van der Waals surface area contributed by atoms with Crippen LogP contribution in [0.1, 0.15) is 30.9 Å². The monoisotopic (exact) mass is 474 g/mol. The van der Waals surface area contributed by atoms with Crippen molar-refractivity contribution < 1.29 is 18.4 Å². The number of halogens is 2. The van der Waals surface area contributed by atoms with Crippen LogP contribution in [0.5, 0.6) is 5.75 Å². The van der Waals surface area contributed by atoms with Crippen molar-refractivity contribution in [2.75, 3.05) is 33.3 Å². The van der Waals surface area contributed by atoms with Crippen LogP contribution in [0.4, 0.5) is 4.39 Å². The minimum absolute atomic E-state index is 0.0152. The standard InChI is InChI=1S/C26H34ClFN3O2/c1-18-13-30-24(11-19-5-8-23(28)9-6-19)16-31(18,2)26(32)17-33-25-10-7-22(27)12-21(25)15-29-14-20-3-4-20/h5-10,12,18,20,24,29-30H,3-4,11,13-17H2,1-2H3/q+1. The Bertz CT molecular complexity index is 967. The molecule has 2 fully saturated rings. The van der Waals surface area contributed by atoms with Crippen LogP contribution in [0.2, 0.25) is 5.02 Å². The van der Waals surface area contributed by atoms with Gasteiger partial charge in [-0.2, -0.15) is 0 Å². The number of rotatable bonds is 9. The third-order valence-electron chi connectivity index (χ3n) is 7.06. The van der Waals surface area contributed by atoms with Gasteiger partial charge in [-0.25, -0.2) is 9.18 Å². The number of amides is 1. The lowest BCUT2D eigenvalue weighted by Gasteiger charge is -2.44. The van der Waals surface area contributed by atoms with Crippen LogP contribution in [0, 0.1) is 11.7 Å². The molecule has 2 N–H and O–H groups in total. The molecule has 0 aromatic heterocycles. The molecule has 0 spiro atoms. The fraction of sp³-hybridized carbons (Fsp3) is 0.500. The normalized spacial score (nSPS) is 25.1. The highest BCUT2D eigenvalue weighted by Gasteiger charge is 2.43. The van der Waals surface area contributed by atoms with Gasteiger partial charge in [0.25, 0.3) is 0 Å². The molecule has 1 aliphatic carbocycles. The summed E-state index contributed by atoms with van der Waals surface area (Å²) >= 11 is 6.21. The summed E-state index contributed by atoms with van der Waals surface area (Å²) in [7, 11) is 1.99. The first-order chi connectivity index (χ1) is 15.8. The summed E-state index contributed by atoms with van der Waals surface area (Å²) in [5.74, 6) is 1.31. The molecule has 1 saturated heterocycles. The Hall–Kier alpha value is -1.99. The second-order valence-corrected chi connectivity index (χ2v) is 10.2. The van der Waals surface area contributed by atoms with E-state index in [4.69, 9.17) is 16.3 Å². The number of quaternary nitrogens is 1. The zero-order valence-corrected chi connectivity index (χ0v) is 20.2. The Morgan fingerprint density at radius 2 is 2.00 bits per heavy atom. The second kappa shape index (κ2) is 10.5. The van der Waals surface area contributed by atoms with Crippen molar-refractivity contribution in [1.82, 2.24) is 10.6 Å². The van der Waals surface area contributed by atoms with E-state index in [0.29, 0.717) is 28.3 Å². The number of hydrogen-bond donors (Lipinski definition) is 2. The molecule has 1 saturated carbocycles. The fourth-order valence-corrected chi connectivity index (χ4v) is 4.67. The van der Waals surface area contributed by atoms with Crippen LogP contribution < -0.4 is 15.4 Å². The summed E-state index contributed by atoms with van der Waals surface area (Å²) < 4.78 is 19.6. The van der Waals surface area contributed by atoms with Gasteiger partial charge in [0.2, 0.25) is 6.61 Å². The lowest BCUT2D eigenvalue weighted by atomic mass is 10.00. The van der Waals surface area contributed by atoms with Crippen molar-refractivity contribution >= 4 is 17.5 Å². The molecule has 2 aromatic carbocycles. The molecule has 0 bridgehead atoms. The maximum Gasteiger partial charge on any atom is 0.351 e. The van der Waals surface area contributed by atoms with Crippen LogP contribution >= 0.6 is 11.6 Å². The molecule has 1 aliphatic heterocycles. The first kappa shape index (κ1) is 24.1. The average Bonchev–Trinajstić information content (AvgIpc) is 3.61. The van der Waals surface area contributed by atoms with Crippen LogP contribution in [-0.2, 0) is 17.8 Å². The second-order valence-electron chi connectivity index (χ2n) is 9.74. The van der Waals surface area contributed by atoms with Crippen LogP contribution in [0.25, 0.3) is 0 Å². The number of carbonyl (C=O) groups excluding carboxylic acids is 1. The van der Waals surface area contributed by atoms with E-state index in [-0.39, 0.29) is 30.4 Å². The summed E-state index contributed by atoms with van der Waals surface area (Å²) in [5.41, 5.74) is 2.03. The van der Waals surface area contributed by atoms with Crippen LogP contribution in [0.3, 0.4) is 0 Å². The number of nitrogens with zero attached hydrogens (tertiary/aromatic N) is 1. The first-order valence-corrected chi connectivity index (χ1v) is 12.2. The number of nitrogens with one attached hydrogen (secondary N) is 2. The molecule has 1 heterocycles. The maximum absolute atomic E-state index is 13.4. The predicted octanol–water partition coefficient (Wildman–Crippen LogP) is 3.93. The summed E-state index contributed by atoms with van der Waals surface area (Å²) in [6.45, 7) is 5.19. The van der Waals surface area contributed by atoms with Gasteiger partial charge in [-0.15, -0.1) is 0 Å². The maximum atomic E-state index is 13.4. The third-order valence-corrected chi connectivity index (χ3v) is 7.29. The number of benzene rings is 2. The van der Waals surface area contributed by atoms with E-state index in [1.54, 1.807) is 6.07 Å². The molecule has 7 heteroatoms. The summed E-state index contributed by atoms with van der Waals surface area (Å²) in [5, 5.41) is 7.68. The van der Waals surface area contributed by atoms with E-state index in [1.165, 1.54) is 25.0 Å². The van der Waals surface area contributed by atoms with Crippen LogP contribution in [-0.4, -0.2) is 55.8 Å². The van der Waals surface area contributed by atoms with Crippen molar-refractivity contribution in [1.29, 1.82) is 0 Å². The van der Waals surface area contributed by atoms with Gasteiger partial charge < -0.3 is 15.4 Å². The Labute approximate surface area is 200 Å². The quantitative estimate of drug-likeness (QED) is 0.541. The smallest absolute Gasteiger partial charge is 0.351 e. The topological polar surface area (TPSA) is 50.4 Å². The van der Waals surface area contributed by atoms with E-state index in [0.717, 1.165) is 36.6 Å². The lowest BCUT2D eigenvalue weighted by molar-refractivity contribution is -0.863. The Morgan fingerprint density at radius 1 is 1.24 bits per heavy atom. The average molecular weight is 475 g/mol. The molecule has 2 aromatic rings. The lowest BCUT2D eigenvalue weighted by Crippen LogP contribution is -2.68. The zero-order chi connectivity index (χ0) is 23.4. The molecule has 3 unspecified atom stereocenters. The van der Waals surface area contributed by atoms with Crippen molar-refractivity contribution in [3.05, 3.63) is 64.4 Å². The van der Waals surface area contributed by atoms with E-state index in [2.05, 4.69) is 17.6 Å². The molecule has 1 amide bonds. The Morgan fingerprint density at radius 3 is 2.73 bits per heavy atom. The molecule has 33 heavy (non-hydrogen) atoms. The van der Waals surface area contributed by atoms with Gasteiger partial charge in [0.1, 0.15) is 24.2 Å². The van der Waals surface area contributed by atoms with Crippen molar-refractivity contribution in [3.8, 4) is 5.75 Å². The van der Waals surface area contributed by atoms with Gasteiger partial charge in [-0.1, -0.05) is 23.7 Å². The zero-order valence-electron chi connectivity index (χ0n) is 19.4. The molecule has 5 nitrogen and oxygen atoms in total. The van der Waals surface area contributed by atoms with Crippen molar-refractivity contribution in [2.45, 2.75) is 44.8 Å². The van der Waals surface area contributed by atoms with Crippen molar-refractivity contribution in [3.63, 3.8) is 0 Å². The van der Waals surface area contributed by atoms with Crippen LogP contribution in [0.15, 0.2) is 42.5 Å². The van der Waals surface area contributed by atoms with Gasteiger partial charge in [0, 0.05) is 23.7 Å². The molecule has 178 valence electrons. The minimum Gasteiger partial charge on any atom is -0.479 e. The van der Waals surface area contributed by atoms with E-state index >= 15 is 0 Å². The molecule has 0 radical (unpaired) electrons. The highest BCUT2D eigenvalue weighted by molar-refractivity contribution is 6.30. The number of piperazine rings is 1.